The van der Waals surface area contributed by atoms with Crippen LogP contribution >= 0.6 is 11.9 Å². The van der Waals surface area contributed by atoms with E-state index in [4.69, 9.17) is 4.74 Å². The van der Waals surface area contributed by atoms with Crippen molar-refractivity contribution in [1.29, 1.82) is 0 Å². The highest BCUT2D eigenvalue weighted by atomic mass is 32.2. The number of ether oxygens (including phenoxy) is 1. The summed E-state index contributed by atoms with van der Waals surface area (Å²) in [7, 11) is 4.09. The number of carboxylic acid groups (broad SMARTS) is 1. The summed E-state index contributed by atoms with van der Waals surface area (Å²) >= 11 is 1.66. The lowest BCUT2D eigenvalue weighted by Crippen LogP contribution is -2.36. The van der Waals surface area contributed by atoms with E-state index in [0.717, 1.165) is 64.8 Å². The summed E-state index contributed by atoms with van der Waals surface area (Å²) in [5.74, 6) is -1.15. The molecule has 2 aliphatic rings. The smallest absolute Gasteiger partial charge is 0.416 e. The molecular formula is C35H38F4N4O4S. The number of amides is 1. The van der Waals surface area contributed by atoms with Gasteiger partial charge in [0.1, 0.15) is 11.6 Å². The number of alkyl halides is 3. The molecule has 1 aromatic heterocycles. The molecule has 2 N–H and O–H groups in total. The van der Waals surface area contributed by atoms with Crippen LogP contribution in [0.2, 0.25) is 0 Å². The number of aryl methyl sites for hydroxylation is 2. The molecule has 0 spiro atoms. The molecule has 1 heterocycles. The predicted octanol–water partition coefficient (Wildman–Crippen LogP) is 8.34. The first-order valence-electron chi connectivity index (χ1n) is 15.7. The van der Waals surface area contributed by atoms with Crippen molar-refractivity contribution in [3.8, 4) is 0 Å². The van der Waals surface area contributed by atoms with Crippen LogP contribution in [-0.2, 0) is 27.5 Å². The number of aromatic nitrogens is 2. The number of imidazole rings is 1. The standard InChI is InChI=1S/C27H33N3O3S.C8H5F4NO/c1-17-28-25-16-22(12-14-26(25)29(17)2)34-30(3)19-9-7-18(8-10-19)24-15-21(33-20-5-4-6-20)11-13-23(24)27(31)32;9-6-3-5(8(10,11)12)1-2-7(6)13-4-14/h7-10,12,14,16,20-21,23-24H,4-6,11,13,15H2,1-3H3,(H,31,32);1-4H,(H,13,14)/t21-,23?,24+;/m1./s1. The molecular weight excluding hydrogens is 648 g/mol. The van der Waals surface area contributed by atoms with Crippen LogP contribution in [-0.4, -0.2) is 46.3 Å². The molecule has 13 heteroatoms. The molecule has 0 saturated heterocycles. The molecule has 0 bridgehead atoms. The average molecular weight is 687 g/mol. The Morgan fingerprint density at radius 2 is 1.79 bits per heavy atom. The lowest BCUT2D eigenvalue weighted by atomic mass is 9.74. The molecule has 1 amide bonds. The maximum atomic E-state index is 12.8. The topological polar surface area (TPSA) is 96.7 Å². The third-order valence-corrected chi connectivity index (χ3v) is 10.0. The molecule has 1 unspecified atom stereocenters. The largest absolute Gasteiger partial charge is 0.481 e. The Morgan fingerprint density at radius 1 is 1.06 bits per heavy atom. The number of hydrogen-bond acceptors (Lipinski definition) is 6. The van der Waals surface area contributed by atoms with Crippen LogP contribution in [0.1, 0.15) is 61.4 Å². The summed E-state index contributed by atoms with van der Waals surface area (Å²) in [5, 5.41) is 11.8. The number of carbonyl (C=O) groups is 2. The van der Waals surface area contributed by atoms with Gasteiger partial charge in [0.2, 0.25) is 6.41 Å². The van der Waals surface area contributed by atoms with Gasteiger partial charge in [0.25, 0.3) is 0 Å². The van der Waals surface area contributed by atoms with Gasteiger partial charge < -0.3 is 24.0 Å². The van der Waals surface area contributed by atoms with E-state index in [0.29, 0.717) is 24.7 Å². The minimum atomic E-state index is -4.58. The minimum Gasteiger partial charge on any atom is -0.481 e. The fourth-order valence-corrected chi connectivity index (χ4v) is 6.91. The van der Waals surface area contributed by atoms with Crippen LogP contribution in [0.3, 0.4) is 0 Å². The fourth-order valence-electron chi connectivity index (χ4n) is 6.07. The van der Waals surface area contributed by atoms with Gasteiger partial charge in [0.15, 0.2) is 0 Å². The molecule has 3 aromatic carbocycles. The summed E-state index contributed by atoms with van der Waals surface area (Å²) in [4.78, 5) is 27.7. The van der Waals surface area contributed by atoms with Crippen LogP contribution in [0.25, 0.3) is 11.0 Å². The van der Waals surface area contributed by atoms with E-state index >= 15 is 0 Å². The molecule has 6 rings (SSSR count). The Balaban J connectivity index is 0.000000271. The number of carbonyl (C=O) groups excluding carboxylic acids is 1. The second kappa shape index (κ2) is 15.0. The van der Waals surface area contributed by atoms with Gasteiger partial charge in [0.05, 0.1) is 40.4 Å². The van der Waals surface area contributed by atoms with Crippen LogP contribution in [0.4, 0.5) is 28.9 Å². The molecule has 0 radical (unpaired) electrons. The average Bonchev–Trinajstić information content (AvgIpc) is 3.31. The van der Waals surface area contributed by atoms with Gasteiger partial charge in [-0.1, -0.05) is 12.1 Å². The monoisotopic (exact) mass is 686 g/mol. The van der Waals surface area contributed by atoms with Crippen molar-refractivity contribution in [1.82, 2.24) is 9.55 Å². The van der Waals surface area contributed by atoms with E-state index in [2.05, 4.69) is 63.4 Å². The molecule has 256 valence electrons. The van der Waals surface area contributed by atoms with Gasteiger partial charge in [-0.15, -0.1) is 0 Å². The number of benzene rings is 3. The number of nitrogens with one attached hydrogen (secondary N) is 1. The Hall–Kier alpha value is -4.10. The van der Waals surface area contributed by atoms with E-state index in [-0.39, 0.29) is 30.0 Å². The normalized spacial score (nSPS) is 19.6. The Morgan fingerprint density at radius 3 is 2.40 bits per heavy atom. The lowest BCUT2D eigenvalue weighted by molar-refractivity contribution is -0.146. The van der Waals surface area contributed by atoms with Crippen LogP contribution < -0.4 is 9.62 Å². The van der Waals surface area contributed by atoms with E-state index in [9.17, 15) is 32.3 Å². The van der Waals surface area contributed by atoms with E-state index < -0.39 is 23.5 Å². The molecule has 48 heavy (non-hydrogen) atoms. The maximum Gasteiger partial charge on any atom is 0.416 e. The number of fused-ring (bicyclic) bond motifs is 1. The van der Waals surface area contributed by atoms with Crippen molar-refractivity contribution in [3.63, 3.8) is 0 Å². The molecule has 2 aliphatic carbocycles. The number of carboxylic acids is 1. The predicted molar refractivity (Wildman–Crippen MR) is 177 cm³/mol. The number of aliphatic carboxylic acids is 1. The highest BCUT2D eigenvalue weighted by Gasteiger charge is 2.38. The first kappa shape index (κ1) is 35.2. The molecule has 3 atom stereocenters. The van der Waals surface area contributed by atoms with Gasteiger partial charge in [0, 0.05) is 24.7 Å². The van der Waals surface area contributed by atoms with E-state index in [1.165, 1.54) is 6.42 Å². The summed E-state index contributed by atoms with van der Waals surface area (Å²) in [6.07, 6.45) is 2.03. The van der Waals surface area contributed by atoms with Crippen molar-refractivity contribution in [2.75, 3.05) is 16.7 Å². The zero-order chi connectivity index (χ0) is 34.6. The number of halogens is 4. The summed E-state index contributed by atoms with van der Waals surface area (Å²) in [6, 6.07) is 16.6. The Bertz CT molecular complexity index is 1740. The van der Waals surface area contributed by atoms with E-state index in [1.807, 2.05) is 19.3 Å². The van der Waals surface area contributed by atoms with Crippen LogP contribution in [0.5, 0.6) is 0 Å². The summed E-state index contributed by atoms with van der Waals surface area (Å²) < 4.78 is 59.4. The van der Waals surface area contributed by atoms with Crippen molar-refractivity contribution in [2.45, 2.75) is 74.6 Å². The van der Waals surface area contributed by atoms with Gasteiger partial charge in [-0.3, -0.25) is 9.59 Å². The van der Waals surface area contributed by atoms with Crippen molar-refractivity contribution in [2.24, 2.45) is 13.0 Å². The maximum absolute atomic E-state index is 12.8. The van der Waals surface area contributed by atoms with Crippen molar-refractivity contribution >= 4 is 46.7 Å². The number of rotatable bonds is 9. The molecule has 4 aromatic rings. The fraction of sp³-hybridized carbons (Fsp3) is 0.400. The van der Waals surface area contributed by atoms with Gasteiger partial charge in [-0.05, 0) is 117 Å². The third kappa shape index (κ3) is 8.30. The molecule has 2 saturated carbocycles. The minimum absolute atomic E-state index is 0.00172. The second-order valence-electron chi connectivity index (χ2n) is 12.2. The van der Waals surface area contributed by atoms with Gasteiger partial charge in [-0.25, -0.2) is 9.37 Å². The zero-order valence-corrected chi connectivity index (χ0v) is 27.7. The molecule has 2 fully saturated rings. The Kier molecular flexibility index (Phi) is 11.0. The van der Waals surface area contributed by atoms with Crippen molar-refractivity contribution < 1.29 is 37.0 Å². The van der Waals surface area contributed by atoms with E-state index in [1.54, 1.807) is 11.9 Å². The zero-order valence-electron chi connectivity index (χ0n) is 26.8. The number of anilines is 2. The summed E-state index contributed by atoms with van der Waals surface area (Å²) in [6.45, 7) is 2.02. The molecule has 0 aliphatic heterocycles. The highest BCUT2D eigenvalue weighted by Crippen LogP contribution is 2.41. The first-order valence-corrected chi connectivity index (χ1v) is 16.5. The quantitative estimate of drug-likeness (QED) is 0.104. The lowest BCUT2D eigenvalue weighted by Gasteiger charge is -2.38. The van der Waals surface area contributed by atoms with Crippen molar-refractivity contribution in [3.05, 3.63) is 83.4 Å². The van der Waals surface area contributed by atoms with Crippen LogP contribution in [0, 0.1) is 18.7 Å². The highest BCUT2D eigenvalue weighted by molar-refractivity contribution is 8.00. The van der Waals surface area contributed by atoms with Gasteiger partial charge >= 0.3 is 12.1 Å². The third-order valence-electron chi connectivity index (χ3n) is 9.07. The number of hydrogen-bond donors (Lipinski definition) is 2. The number of nitrogens with zero attached hydrogens (tertiary/aromatic N) is 3. The first-order chi connectivity index (χ1) is 22.8. The Labute approximate surface area is 280 Å². The second-order valence-corrected chi connectivity index (χ2v) is 13.4. The SMILES string of the molecule is Cc1nc2cc(SN(C)c3ccc([C@@H]4C[C@H](OC5CCC5)CCC4C(=O)O)cc3)ccc2n1C.O=CNc1ccc(C(F)(F)F)cc1F. The van der Waals surface area contributed by atoms with Crippen LogP contribution in [0.15, 0.2) is 65.6 Å². The summed E-state index contributed by atoms with van der Waals surface area (Å²) in [5.41, 5.74) is 2.94. The van der Waals surface area contributed by atoms with Gasteiger partial charge in [-0.2, -0.15) is 13.2 Å². The molecule has 8 nitrogen and oxygen atoms in total.